The molecule has 1 fully saturated rings. The number of para-hydroxylation sites is 2. The van der Waals surface area contributed by atoms with E-state index in [0.717, 1.165) is 12.3 Å². The molecule has 0 aliphatic heterocycles. The van der Waals surface area contributed by atoms with Crippen LogP contribution in [-0.2, 0) is 14.5 Å². The zero-order valence-corrected chi connectivity index (χ0v) is 21.4. The van der Waals surface area contributed by atoms with Crippen molar-refractivity contribution >= 4 is 7.82 Å². The van der Waals surface area contributed by atoms with Gasteiger partial charge in [0.1, 0.15) is 11.5 Å². The molecule has 0 saturated heterocycles. The van der Waals surface area contributed by atoms with Crippen molar-refractivity contribution in [2.24, 2.45) is 5.92 Å². The van der Waals surface area contributed by atoms with Crippen molar-refractivity contribution in [3.63, 3.8) is 0 Å². The molecule has 1 saturated carbocycles. The highest BCUT2D eigenvalue weighted by Gasteiger charge is 2.62. The molecule has 0 aromatic heterocycles. The van der Waals surface area contributed by atoms with E-state index in [-0.39, 0.29) is 11.3 Å². The summed E-state index contributed by atoms with van der Waals surface area (Å²) in [7, 11) is -4.05. The maximum Gasteiger partial charge on any atom is 0.587 e. The van der Waals surface area contributed by atoms with Gasteiger partial charge in [0.2, 0.25) is 0 Å². The van der Waals surface area contributed by atoms with Crippen molar-refractivity contribution in [1.82, 2.24) is 0 Å². The van der Waals surface area contributed by atoms with Gasteiger partial charge in [-0.15, -0.1) is 0 Å². The third kappa shape index (κ3) is 5.11. The van der Waals surface area contributed by atoms with Gasteiger partial charge in [0.25, 0.3) is 0 Å². The highest BCUT2D eigenvalue weighted by Crippen LogP contribution is 2.64. The smallest absolute Gasteiger partial charge is 0.395 e. The molecule has 0 spiro atoms. The Kier molecular flexibility index (Phi) is 7.00. The summed E-state index contributed by atoms with van der Waals surface area (Å²) in [6, 6.07) is 39.0. The topological polar surface area (TPSA) is 44.8 Å². The second kappa shape index (κ2) is 10.3. The van der Waals surface area contributed by atoms with Crippen LogP contribution in [0.25, 0.3) is 0 Å². The number of hydrogen-bond donors (Lipinski definition) is 0. The van der Waals surface area contributed by atoms with Gasteiger partial charge in [-0.25, -0.2) is 4.57 Å². The SMILES string of the molecule is C[C](C)C(OP(=O)(Oc1ccccc1)Oc1ccccc1)C1CC1(c1ccccc1)c1ccccc1. The van der Waals surface area contributed by atoms with Crippen LogP contribution in [0.1, 0.15) is 31.4 Å². The van der Waals surface area contributed by atoms with Gasteiger partial charge in [0, 0.05) is 11.3 Å². The molecular formula is C31H30O4P. The molecule has 4 nitrogen and oxygen atoms in total. The number of benzene rings is 4. The highest BCUT2D eigenvalue weighted by atomic mass is 31.2. The van der Waals surface area contributed by atoms with Crippen LogP contribution in [0, 0.1) is 11.8 Å². The van der Waals surface area contributed by atoms with Crippen molar-refractivity contribution < 1.29 is 18.1 Å². The second-order valence-electron chi connectivity index (χ2n) is 9.37. The molecule has 5 rings (SSSR count). The molecule has 0 heterocycles. The van der Waals surface area contributed by atoms with Gasteiger partial charge < -0.3 is 9.05 Å². The Labute approximate surface area is 213 Å². The molecule has 183 valence electrons. The lowest BCUT2D eigenvalue weighted by atomic mass is 9.83. The minimum atomic E-state index is -4.05. The van der Waals surface area contributed by atoms with Gasteiger partial charge >= 0.3 is 7.82 Å². The summed E-state index contributed by atoms with van der Waals surface area (Å²) < 4.78 is 32.5. The molecule has 1 aliphatic rings. The summed E-state index contributed by atoms with van der Waals surface area (Å²) in [5.74, 6) is 1.94. The molecule has 0 amide bonds. The Morgan fingerprint density at radius 2 is 1.08 bits per heavy atom. The van der Waals surface area contributed by atoms with Crippen molar-refractivity contribution in [3.8, 4) is 11.5 Å². The van der Waals surface area contributed by atoms with Crippen molar-refractivity contribution in [2.75, 3.05) is 0 Å². The Hall–Kier alpha value is -3.33. The van der Waals surface area contributed by atoms with E-state index >= 15 is 0 Å². The van der Waals surface area contributed by atoms with Crippen LogP contribution in [0.15, 0.2) is 121 Å². The number of phosphoric acid groups is 1. The summed E-state index contributed by atoms with van der Waals surface area (Å²) in [5.41, 5.74) is 2.20. The summed E-state index contributed by atoms with van der Waals surface area (Å²) >= 11 is 0. The lowest BCUT2D eigenvalue weighted by molar-refractivity contribution is 0.131. The first-order chi connectivity index (χ1) is 17.5. The van der Waals surface area contributed by atoms with E-state index in [1.807, 2.05) is 62.4 Å². The quantitative estimate of drug-likeness (QED) is 0.207. The maximum absolute atomic E-state index is 14.2. The largest absolute Gasteiger partial charge is 0.587 e. The minimum absolute atomic E-state index is 0.0689. The van der Waals surface area contributed by atoms with Crippen molar-refractivity contribution in [2.45, 2.75) is 31.8 Å². The lowest BCUT2D eigenvalue weighted by Crippen LogP contribution is -2.27. The average Bonchev–Trinajstić information content (AvgIpc) is 3.66. The molecule has 1 aliphatic carbocycles. The van der Waals surface area contributed by atoms with Gasteiger partial charge in [-0.3, -0.25) is 4.52 Å². The fourth-order valence-electron chi connectivity index (χ4n) is 4.96. The molecule has 4 aromatic carbocycles. The van der Waals surface area contributed by atoms with E-state index in [1.165, 1.54) is 11.1 Å². The number of hydrogen-bond acceptors (Lipinski definition) is 4. The first kappa shape index (κ1) is 24.4. The van der Waals surface area contributed by atoms with E-state index in [9.17, 15) is 4.57 Å². The molecule has 0 bridgehead atoms. The normalized spacial score (nSPS) is 17.4. The van der Waals surface area contributed by atoms with Crippen LogP contribution in [0.2, 0.25) is 0 Å². The number of phosphoric ester groups is 1. The second-order valence-corrected chi connectivity index (χ2v) is 10.8. The van der Waals surface area contributed by atoms with Gasteiger partial charge in [0.15, 0.2) is 0 Å². The molecule has 2 atom stereocenters. The van der Waals surface area contributed by atoms with Crippen LogP contribution in [-0.4, -0.2) is 6.10 Å². The molecule has 36 heavy (non-hydrogen) atoms. The fraction of sp³-hybridized carbons (Fsp3) is 0.194. The Morgan fingerprint density at radius 3 is 1.47 bits per heavy atom. The standard InChI is InChI=1S/C31H30O4P/c1-24(2)30(29-23-31(29,25-15-7-3-8-16-25)26-17-9-4-10-18-26)35-36(32,33-27-19-11-5-12-20-27)34-28-21-13-6-14-22-28/h3-22,29-30H,23H2,1-2H3. The monoisotopic (exact) mass is 497 g/mol. The first-order valence-electron chi connectivity index (χ1n) is 12.2. The number of rotatable bonds is 10. The third-order valence-corrected chi connectivity index (χ3v) is 8.04. The van der Waals surface area contributed by atoms with E-state index < -0.39 is 13.9 Å². The third-order valence-electron chi connectivity index (χ3n) is 6.69. The van der Waals surface area contributed by atoms with E-state index in [0.29, 0.717) is 11.5 Å². The molecular weight excluding hydrogens is 467 g/mol. The van der Waals surface area contributed by atoms with Gasteiger partial charge in [-0.1, -0.05) is 111 Å². The predicted octanol–water partition coefficient (Wildman–Crippen LogP) is 8.26. The Balaban J connectivity index is 1.50. The highest BCUT2D eigenvalue weighted by molar-refractivity contribution is 7.49. The van der Waals surface area contributed by atoms with Crippen LogP contribution >= 0.6 is 7.82 Å². The predicted molar refractivity (Wildman–Crippen MR) is 143 cm³/mol. The van der Waals surface area contributed by atoms with Gasteiger partial charge in [-0.05, 0) is 47.7 Å². The van der Waals surface area contributed by atoms with Crippen LogP contribution in [0.4, 0.5) is 0 Å². The molecule has 5 heteroatoms. The van der Waals surface area contributed by atoms with E-state index in [2.05, 4.69) is 48.5 Å². The average molecular weight is 498 g/mol. The van der Waals surface area contributed by atoms with Crippen LogP contribution < -0.4 is 9.05 Å². The summed E-state index contributed by atoms with van der Waals surface area (Å²) in [6.45, 7) is 4.03. The fourth-order valence-corrected chi connectivity index (χ4v) is 6.48. The molecule has 2 unspecified atom stereocenters. The van der Waals surface area contributed by atoms with Crippen molar-refractivity contribution in [3.05, 3.63) is 138 Å². The maximum atomic E-state index is 14.2. The molecule has 0 N–H and O–H groups in total. The Morgan fingerprint density at radius 1 is 0.694 bits per heavy atom. The van der Waals surface area contributed by atoms with Crippen LogP contribution in [0.5, 0.6) is 11.5 Å². The Bertz CT molecular complexity index is 1210. The van der Waals surface area contributed by atoms with E-state index in [1.54, 1.807) is 24.3 Å². The first-order valence-corrected chi connectivity index (χ1v) is 13.7. The van der Waals surface area contributed by atoms with Crippen LogP contribution in [0.3, 0.4) is 0 Å². The minimum Gasteiger partial charge on any atom is -0.395 e. The molecule has 1 radical (unpaired) electrons. The van der Waals surface area contributed by atoms with Gasteiger partial charge in [0.05, 0.1) is 6.10 Å². The zero-order chi connectivity index (χ0) is 25.0. The summed E-state index contributed by atoms with van der Waals surface area (Å²) in [6.07, 6.45) is 0.428. The molecule has 4 aromatic rings. The van der Waals surface area contributed by atoms with Crippen molar-refractivity contribution in [1.29, 1.82) is 0 Å². The zero-order valence-electron chi connectivity index (χ0n) is 20.5. The lowest BCUT2D eigenvalue weighted by Gasteiger charge is -2.29. The summed E-state index contributed by atoms with van der Waals surface area (Å²) in [5, 5.41) is 0. The van der Waals surface area contributed by atoms with Gasteiger partial charge in [-0.2, -0.15) is 0 Å². The summed E-state index contributed by atoms with van der Waals surface area (Å²) in [4.78, 5) is 0. The van der Waals surface area contributed by atoms with E-state index in [4.69, 9.17) is 13.6 Å².